The molecule has 0 bridgehead atoms. The van der Waals surface area contributed by atoms with Crippen LogP contribution in [-0.2, 0) is 14.3 Å². The van der Waals surface area contributed by atoms with Crippen molar-refractivity contribution in [3.05, 3.63) is 0 Å². The molecule has 2 fully saturated rings. The Balaban J connectivity index is 1.88. The average Bonchev–Trinajstić information content (AvgIpc) is 2.46. The lowest BCUT2D eigenvalue weighted by Gasteiger charge is -2.37. The van der Waals surface area contributed by atoms with Gasteiger partial charge in [-0.2, -0.15) is 0 Å². The summed E-state index contributed by atoms with van der Waals surface area (Å²) in [6.07, 6.45) is 3.09. The Morgan fingerprint density at radius 1 is 1.32 bits per heavy atom. The minimum Gasteiger partial charge on any atom is -0.378 e. The number of likely N-dealkylation sites (N-methyl/N-ethyl adjacent to an activating group) is 1. The highest BCUT2D eigenvalue weighted by atomic mass is 16.5. The summed E-state index contributed by atoms with van der Waals surface area (Å²) >= 11 is 0. The van der Waals surface area contributed by atoms with Crippen molar-refractivity contribution in [3.63, 3.8) is 0 Å². The lowest BCUT2D eigenvalue weighted by atomic mass is 9.92. The molecule has 2 rings (SSSR count). The third-order valence-electron chi connectivity index (χ3n) is 4.38. The van der Waals surface area contributed by atoms with Crippen LogP contribution in [0.2, 0.25) is 0 Å². The standard InChI is InChI=1S/C14H24N2O3/c1-11(14(18)16-7-9-19-10-8-16)15(2)12-3-5-13(17)6-4-12/h11-12H,3-10H2,1-2H3. The smallest absolute Gasteiger partial charge is 0.239 e. The Hall–Kier alpha value is -0.940. The predicted molar refractivity (Wildman–Crippen MR) is 71.9 cm³/mol. The molecule has 1 amide bonds. The number of carbonyl (C=O) groups is 2. The summed E-state index contributed by atoms with van der Waals surface area (Å²) in [7, 11) is 2.00. The molecule has 1 saturated heterocycles. The largest absolute Gasteiger partial charge is 0.378 e. The van der Waals surface area contributed by atoms with Crippen LogP contribution in [0.4, 0.5) is 0 Å². The van der Waals surface area contributed by atoms with Gasteiger partial charge < -0.3 is 9.64 Å². The Kier molecular flexibility index (Phi) is 4.93. The quantitative estimate of drug-likeness (QED) is 0.755. The normalized spacial score (nSPS) is 23.7. The van der Waals surface area contributed by atoms with Crippen molar-refractivity contribution in [2.24, 2.45) is 0 Å². The fourth-order valence-electron chi connectivity index (χ4n) is 2.87. The first-order chi connectivity index (χ1) is 9.09. The van der Waals surface area contributed by atoms with E-state index in [9.17, 15) is 9.59 Å². The van der Waals surface area contributed by atoms with Crippen LogP contribution in [0.15, 0.2) is 0 Å². The molecule has 1 aliphatic heterocycles. The van der Waals surface area contributed by atoms with Crippen LogP contribution >= 0.6 is 0 Å². The molecular weight excluding hydrogens is 244 g/mol. The number of morpholine rings is 1. The molecule has 108 valence electrons. The summed E-state index contributed by atoms with van der Waals surface area (Å²) in [4.78, 5) is 27.7. The number of Topliss-reactive ketones (excluding diaryl/α,β-unsaturated/α-hetero) is 1. The molecule has 1 unspecified atom stereocenters. The number of ketones is 1. The van der Waals surface area contributed by atoms with E-state index in [4.69, 9.17) is 4.74 Å². The van der Waals surface area contributed by atoms with Gasteiger partial charge in [-0.1, -0.05) is 0 Å². The van der Waals surface area contributed by atoms with Gasteiger partial charge in [0.15, 0.2) is 0 Å². The molecule has 1 atom stereocenters. The molecule has 0 aromatic rings. The minimum absolute atomic E-state index is 0.115. The number of nitrogens with zero attached hydrogens (tertiary/aromatic N) is 2. The lowest BCUT2D eigenvalue weighted by molar-refractivity contribution is -0.141. The van der Waals surface area contributed by atoms with E-state index in [1.807, 2.05) is 18.9 Å². The first kappa shape index (κ1) is 14.5. The second-order valence-corrected chi connectivity index (χ2v) is 5.55. The Morgan fingerprint density at radius 2 is 1.89 bits per heavy atom. The van der Waals surface area contributed by atoms with E-state index in [0.29, 0.717) is 51.0 Å². The van der Waals surface area contributed by atoms with Gasteiger partial charge in [0.1, 0.15) is 5.78 Å². The molecule has 1 heterocycles. The summed E-state index contributed by atoms with van der Waals surface area (Å²) in [6.45, 7) is 4.63. The zero-order chi connectivity index (χ0) is 13.8. The predicted octanol–water partition coefficient (Wildman–Crippen LogP) is 0.677. The van der Waals surface area contributed by atoms with E-state index in [-0.39, 0.29) is 11.9 Å². The minimum atomic E-state index is -0.115. The highest BCUT2D eigenvalue weighted by Gasteiger charge is 2.30. The van der Waals surface area contributed by atoms with Crippen LogP contribution in [0, 0.1) is 0 Å². The fraction of sp³-hybridized carbons (Fsp3) is 0.857. The van der Waals surface area contributed by atoms with Crippen molar-refractivity contribution in [1.29, 1.82) is 0 Å². The molecule has 0 aromatic carbocycles. The molecule has 2 aliphatic rings. The maximum atomic E-state index is 12.4. The lowest BCUT2D eigenvalue weighted by Crippen LogP contribution is -2.52. The van der Waals surface area contributed by atoms with Gasteiger partial charge in [0.25, 0.3) is 0 Å². The highest BCUT2D eigenvalue weighted by Crippen LogP contribution is 2.21. The second kappa shape index (κ2) is 6.48. The van der Waals surface area contributed by atoms with E-state index >= 15 is 0 Å². The van der Waals surface area contributed by atoms with Crippen LogP contribution in [0.3, 0.4) is 0 Å². The molecular formula is C14H24N2O3. The number of amides is 1. The van der Waals surface area contributed by atoms with Gasteiger partial charge in [0.05, 0.1) is 19.3 Å². The Morgan fingerprint density at radius 3 is 2.47 bits per heavy atom. The zero-order valence-electron chi connectivity index (χ0n) is 11.9. The summed E-state index contributed by atoms with van der Waals surface area (Å²) in [5, 5.41) is 0. The van der Waals surface area contributed by atoms with Crippen LogP contribution in [-0.4, -0.2) is 66.9 Å². The summed E-state index contributed by atoms with van der Waals surface area (Å²) in [5.41, 5.74) is 0. The molecule has 19 heavy (non-hydrogen) atoms. The molecule has 0 N–H and O–H groups in total. The number of hydrogen-bond acceptors (Lipinski definition) is 4. The van der Waals surface area contributed by atoms with Crippen molar-refractivity contribution in [2.45, 2.75) is 44.7 Å². The van der Waals surface area contributed by atoms with Crippen LogP contribution in [0.1, 0.15) is 32.6 Å². The Labute approximate surface area is 114 Å². The van der Waals surface area contributed by atoms with Gasteiger partial charge in [-0.3, -0.25) is 14.5 Å². The molecule has 5 heteroatoms. The van der Waals surface area contributed by atoms with Crippen molar-refractivity contribution in [1.82, 2.24) is 9.80 Å². The van der Waals surface area contributed by atoms with E-state index < -0.39 is 0 Å². The maximum absolute atomic E-state index is 12.4. The molecule has 1 aliphatic carbocycles. The van der Waals surface area contributed by atoms with Gasteiger partial charge in [-0.05, 0) is 26.8 Å². The zero-order valence-corrected chi connectivity index (χ0v) is 11.9. The SMILES string of the molecule is CC(C(=O)N1CCOCC1)N(C)C1CCC(=O)CC1. The van der Waals surface area contributed by atoms with Gasteiger partial charge in [-0.25, -0.2) is 0 Å². The number of rotatable bonds is 3. The average molecular weight is 268 g/mol. The van der Waals surface area contributed by atoms with Crippen LogP contribution in [0.5, 0.6) is 0 Å². The van der Waals surface area contributed by atoms with Crippen LogP contribution < -0.4 is 0 Å². The monoisotopic (exact) mass is 268 g/mol. The maximum Gasteiger partial charge on any atom is 0.239 e. The van der Waals surface area contributed by atoms with Gasteiger partial charge in [0, 0.05) is 32.0 Å². The third-order valence-corrected chi connectivity index (χ3v) is 4.38. The number of hydrogen-bond donors (Lipinski definition) is 0. The number of ether oxygens (including phenoxy) is 1. The molecule has 5 nitrogen and oxygen atoms in total. The summed E-state index contributed by atoms with van der Waals surface area (Å²) in [6, 6.07) is 0.244. The fourth-order valence-corrected chi connectivity index (χ4v) is 2.87. The van der Waals surface area contributed by atoms with E-state index in [2.05, 4.69) is 4.90 Å². The summed E-state index contributed by atoms with van der Waals surface area (Å²) in [5.74, 6) is 0.541. The number of carbonyl (C=O) groups excluding carboxylic acids is 2. The first-order valence-corrected chi connectivity index (χ1v) is 7.19. The molecule has 0 radical (unpaired) electrons. The molecule has 0 spiro atoms. The highest BCUT2D eigenvalue weighted by molar-refractivity contribution is 5.82. The van der Waals surface area contributed by atoms with Gasteiger partial charge in [0.2, 0.25) is 5.91 Å². The topological polar surface area (TPSA) is 49.9 Å². The van der Waals surface area contributed by atoms with Gasteiger partial charge >= 0.3 is 0 Å². The van der Waals surface area contributed by atoms with Crippen molar-refractivity contribution >= 4 is 11.7 Å². The van der Waals surface area contributed by atoms with E-state index in [1.165, 1.54) is 0 Å². The second-order valence-electron chi connectivity index (χ2n) is 5.55. The summed E-state index contributed by atoms with van der Waals surface area (Å²) < 4.78 is 5.27. The van der Waals surface area contributed by atoms with E-state index in [1.54, 1.807) is 0 Å². The third kappa shape index (κ3) is 3.54. The molecule has 0 aromatic heterocycles. The first-order valence-electron chi connectivity index (χ1n) is 7.19. The molecule has 1 saturated carbocycles. The van der Waals surface area contributed by atoms with Crippen molar-refractivity contribution in [3.8, 4) is 0 Å². The Bertz CT molecular complexity index is 330. The van der Waals surface area contributed by atoms with Crippen molar-refractivity contribution in [2.75, 3.05) is 33.4 Å². The van der Waals surface area contributed by atoms with Crippen LogP contribution in [0.25, 0.3) is 0 Å². The van der Waals surface area contributed by atoms with E-state index in [0.717, 1.165) is 12.8 Å². The van der Waals surface area contributed by atoms with Gasteiger partial charge in [-0.15, -0.1) is 0 Å². The van der Waals surface area contributed by atoms with Crippen molar-refractivity contribution < 1.29 is 14.3 Å².